The predicted octanol–water partition coefficient (Wildman–Crippen LogP) is 4.05. The number of nitrogens with zero attached hydrogens (tertiary/aromatic N) is 1. The van der Waals surface area contributed by atoms with Gasteiger partial charge in [-0.15, -0.1) is 0 Å². The summed E-state index contributed by atoms with van der Waals surface area (Å²) in [5, 5.41) is 5.02. The Kier molecular flexibility index (Phi) is 4.76. The highest BCUT2D eigenvalue weighted by Gasteiger charge is 2.33. The van der Waals surface area contributed by atoms with Crippen molar-refractivity contribution in [3.05, 3.63) is 42.5 Å². The van der Waals surface area contributed by atoms with Crippen LogP contribution in [-0.2, 0) is 4.79 Å². The molecule has 1 N–H and O–H groups in total. The highest BCUT2D eigenvalue weighted by atomic mass is 19.4. The Morgan fingerprint density at radius 2 is 1.75 bits per heavy atom. The number of alkyl halides is 3. The van der Waals surface area contributed by atoms with Gasteiger partial charge in [-0.25, -0.2) is 0 Å². The molecule has 0 radical (unpaired) electrons. The van der Waals surface area contributed by atoms with E-state index < -0.39 is 12.7 Å². The molecule has 3 rings (SSSR count). The lowest BCUT2D eigenvalue weighted by Gasteiger charge is -2.31. The Morgan fingerprint density at radius 3 is 2.42 bits per heavy atom. The molecule has 0 spiro atoms. The molecule has 6 heteroatoms. The number of benzene rings is 2. The maximum Gasteiger partial charge on any atom is 0.401 e. The molecule has 0 aromatic heterocycles. The van der Waals surface area contributed by atoms with Crippen LogP contribution in [0.2, 0.25) is 0 Å². The summed E-state index contributed by atoms with van der Waals surface area (Å²) in [5.41, 5.74) is 0.719. The van der Waals surface area contributed by atoms with Crippen LogP contribution < -0.4 is 5.32 Å². The molecule has 2 aromatic carbocycles. The van der Waals surface area contributed by atoms with Gasteiger partial charge in [0.15, 0.2) is 0 Å². The number of anilines is 1. The molecule has 0 unspecified atom stereocenters. The van der Waals surface area contributed by atoms with Gasteiger partial charge in [0.05, 0.1) is 6.54 Å². The second-order valence-corrected chi connectivity index (χ2v) is 6.22. The number of hydrogen-bond donors (Lipinski definition) is 1. The molecular formula is C18H19F3N2O. The molecule has 1 saturated heterocycles. The van der Waals surface area contributed by atoms with Gasteiger partial charge in [-0.05, 0) is 48.8 Å². The lowest BCUT2D eigenvalue weighted by molar-refractivity contribution is -0.149. The standard InChI is InChI=1S/C18H19F3N2O/c19-18(20,21)12-23-9-7-14(8-10-23)17(24)22-16-6-5-13-3-1-2-4-15(13)11-16/h1-6,11,14H,7-10,12H2,(H,22,24). The van der Waals surface area contributed by atoms with Gasteiger partial charge in [0.25, 0.3) is 0 Å². The maximum atomic E-state index is 12.4. The molecule has 0 aliphatic carbocycles. The molecule has 1 aliphatic heterocycles. The van der Waals surface area contributed by atoms with E-state index in [4.69, 9.17) is 0 Å². The van der Waals surface area contributed by atoms with E-state index in [9.17, 15) is 18.0 Å². The number of carbonyl (C=O) groups excluding carboxylic acids is 1. The fourth-order valence-corrected chi connectivity index (χ4v) is 3.12. The van der Waals surface area contributed by atoms with E-state index in [1.54, 1.807) is 0 Å². The van der Waals surface area contributed by atoms with Crippen LogP contribution in [-0.4, -0.2) is 36.6 Å². The van der Waals surface area contributed by atoms with E-state index in [0.29, 0.717) is 25.9 Å². The Morgan fingerprint density at radius 1 is 1.08 bits per heavy atom. The number of fused-ring (bicyclic) bond motifs is 1. The van der Waals surface area contributed by atoms with E-state index in [1.807, 2.05) is 42.5 Å². The van der Waals surface area contributed by atoms with Gasteiger partial charge < -0.3 is 5.32 Å². The summed E-state index contributed by atoms with van der Waals surface area (Å²) in [6.07, 6.45) is -3.27. The summed E-state index contributed by atoms with van der Waals surface area (Å²) in [4.78, 5) is 13.7. The number of halogens is 3. The molecule has 1 heterocycles. The van der Waals surface area contributed by atoms with E-state index >= 15 is 0 Å². The molecule has 0 saturated carbocycles. The van der Waals surface area contributed by atoms with E-state index in [2.05, 4.69) is 5.32 Å². The lowest BCUT2D eigenvalue weighted by Crippen LogP contribution is -2.42. The molecule has 3 nitrogen and oxygen atoms in total. The van der Waals surface area contributed by atoms with Crippen LogP contribution in [0.5, 0.6) is 0 Å². The molecule has 1 aliphatic rings. The van der Waals surface area contributed by atoms with Crippen LogP contribution in [0.4, 0.5) is 18.9 Å². The van der Waals surface area contributed by atoms with Crippen molar-refractivity contribution in [2.24, 2.45) is 5.92 Å². The number of likely N-dealkylation sites (tertiary alicyclic amines) is 1. The first-order valence-electron chi connectivity index (χ1n) is 7.99. The number of amides is 1. The van der Waals surface area contributed by atoms with Gasteiger partial charge in [0, 0.05) is 11.6 Å². The zero-order valence-corrected chi connectivity index (χ0v) is 13.1. The number of piperidine rings is 1. The topological polar surface area (TPSA) is 32.3 Å². The van der Waals surface area contributed by atoms with Gasteiger partial charge in [-0.3, -0.25) is 9.69 Å². The van der Waals surface area contributed by atoms with E-state index in [1.165, 1.54) is 4.90 Å². The van der Waals surface area contributed by atoms with Gasteiger partial charge >= 0.3 is 6.18 Å². The smallest absolute Gasteiger partial charge is 0.326 e. The number of nitrogens with one attached hydrogen (secondary N) is 1. The van der Waals surface area contributed by atoms with Crippen LogP contribution in [0.3, 0.4) is 0 Å². The monoisotopic (exact) mass is 336 g/mol. The van der Waals surface area contributed by atoms with Crippen molar-refractivity contribution in [2.75, 3.05) is 25.0 Å². The van der Waals surface area contributed by atoms with Crippen molar-refractivity contribution < 1.29 is 18.0 Å². The maximum absolute atomic E-state index is 12.4. The van der Waals surface area contributed by atoms with Crippen LogP contribution in [0.25, 0.3) is 10.8 Å². The first-order chi connectivity index (χ1) is 11.4. The highest BCUT2D eigenvalue weighted by Crippen LogP contribution is 2.24. The Bertz CT molecular complexity index is 722. The molecular weight excluding hydrogens is 317 g/mol. The first-order valence-corrected chi connectivity index (χ1v) is 7.99. The first kappa shape index (κ1) is 16.8. The quantitative estimate of drug-likeness (QED) is 0.917. The van der Waals surface area contributed by atoms with Crippen LogP contribution in [0.1, 0.15) is 12.8 Å². The minimum absolute atomic E-state index is 0.114. The van der Waals surface area contributed by atoms with Gasteiger partial charge in [0.2, 0.25) is 5.91 Å². The molecule has 128 valence electrons. The zero-order valence-electron chi connectivity index (χ0n) is 13.1. The fraction of sp³-hybridized carbons (Fsp3) is 0.389. The summed E-state index contributed by atoms with van der Waals surface area (Å²) in [6, 6.07) is 13.6. The molecule has 1 fully saturated rings. The summed E-state index contributed by atoms with van der Waals surface area (Å²) in [5.74, 6) is -0.349. The number of carbonyl (C=O) groups is 1. The third-order valence-corrected chi connectivity index (χ3v) is 4.38. The zero-order chi connectivity index (χ0) is 17.2. The average molecular weight is 336 g/mol. The average Bonchev–Trinajstić information content (AvgIpc) is 2.54. The van der Waals surface area contributed by atoms with Crippen LogP contribution in [0.15, 0.2) is 42.5 Å². The van der Waals surface area contributed by atoms with Crippen molar-refractivity contribution in [1.82, 2.24) is 4.90 Å². The van der Waals surface area contributed by atoms with Gasteiger partial charge in [-0.2, -0.15) is 13.2 Å². The third-order valence-electron chi connectivity index (χ3n) is 4.38. The van der Waals surface area contributed by atoms with Crippen LogP contribution in [0, 0.1) is 5.92 Å². The highest BCUT2D eigenvalue weighted by molar-refractivity contribution is 5.95. The van der Waals surface area contributed by atoms with Crippen molar-refractivity contribution in [2.45, 2.75) is 19.0 Å². The predicted molar refractivity (Wildman–Crippen MR) is 87.8 cm³/mol. The van der Waals surface area contributed by atoms with Gasteiger partial charge in [-0.1, -0.05) is 30.3 Å². The van der Waals surface area contributed by atoms with E-state index in [0.717, 1.165) is 16.5 Å². The third kappa shape index (κ3) is 4.26. The second-order valence-electron chi connectivity index (χ2n) is 6.22. The second kappa shape index (κ2) is 6.81. The van der Waals surface area contributed by atoms with Crippen molar-refractivity contribution in [3.63, 3.8) is 0 Å². The van der Waals surface area contributed by atoms with Crippen LogP contribution >= 0.6 is 0 Å². The Hall–Kier alpha value is -2.08. The van der Waals surface area contributed by atoms with Gasteiger partial charge in [0.1, 0.15) is 0 Å². The largest absolute Gasteiger partial charge is 0.401 e. The summed E-state index contributed by atoms with van der Waals surface area (Å²) < 4.78 is 37.2. The molecule has 1 amide bonds. The summed E-state index contributed by atoms with van der Waals surface area (Å²) in [7, 11) is 0. The lowest BCUT2D eigenvalue weighted by atomic mass is 9.95. The molecule has 0 atom stereocenters. The van der Waals surface area contributed by atoms with Crippen molar-refractivity contribution in [1.29, 1.82) is 0 Å². The fourth-order valence-electron chi connectivity index (χ4n) is 3.12. The minimum atomic E-state index is -4.18. The normalized spacial score (nSPS) is 17.1. The number of hydrogen-bond acceptors (Lipinski definition) is 2. The van der Waals surface area contributed by atoms with Crippen molar-refractivity contribution in [3.8, 4) is 0 Å². The molecule has 0 bridgehead atoms. The Labute approximate surface area is 138 Å². The summed E-state index contributed by atoms with van der Waals surface area (Å²) in [6.45, 7) is -0.295. The molecule has 24 heavy (non-hydrogen) atoms. The summed E-state index contributed by atoms with van der Waals surface area (Å²) >= 11 is 0. The van der Waals surface area contributed by atoms with E-state index in [-0.39, 0.29) is 11.8 Å². The SMILES string of the molecule is O=C(Nc1ccc2ccccc2c1)C1CCN(CC(F)(F)F)CC1. The van der Waals surface area contributed by atoms with Crippen molar-refractivity contribution >= 4 is 22.4 Å². The minimum Gasteiger partial charge on any atom is -0.326 e. The Balaban J connectivity index is 1.57. The number of rotatable bonds is 3. The molecule has 2 aromatic rings.